The summed E-state index contributed by atoms with van der Waals surface area (Å²) in [6, 6.07) is 3.83. The van der Waals surface area contributed by atoms with Crippen molar-refractivity contribution < 1.29 is 4.74 Å². The first-order chi connectivity index (χ1) is 6.86. The van der Waals surface area contributed by atoms with Crippen LogP contribution in [0.25, 0.3) is 0 Å². The predicted octanol–water partition coefficient (Wildman–Crippen LogP) is 3.05. The fourth-order valence-corrected chi connectivity index (χ4v) is 1.54. The second kappa shape index (κ2) is 4.76. The van der Waals surface area contributed by atoms with E-state index in [1.807, 2.05) is 12.1 Å². The van der Waals surface area contributed by atoms with E-state index in [0.717, 1.165) is 18.1 Å². The van der Waals surface area contributed by atoms with Crippen LogP contribution in [0.2, 0.25) is 5.15 Å². The van der Waals surface area contributed by atoms with Crippen LogP contribution in [0.3, 0.4) is 0 Å². The van der Waals surface area contributed by atoms with Gasteiger partial charge in [0.15, 0.2) is 0 Å². The highest BCUT2D eigenvalue weighted by molar-refractivity contribution is 6.30. The van der Waals surface area contributed by atoms with E-state index in [-0.39, 0.29) is 0 Å². The molecule has 0 N–H and O–H groups in total. The molecule has 3 heteroatoms. The lowest BCUT2D eigenvalue weighted by Crippen LogP contribution is -1.97. The van der Waals surface area contributed by atoms with Crippen molar-refractivity contribution in [1.82, 2.24) is 4.98 Å². The highest BCUT2D eigenvalue weighted by Crippen LogP contribution is 2.32. The maximum Gasteiger partial charge on any atom is 0.134 e. The van der Waals surface area contributed by atoms with Gasteiger partial charge in [-0.15, -0.1) is 0 Å². The zero-order valence-electron chi connectivity index (χ0n) is 8.08. The molecule has 0 spiro atoms. The van der Waals surface area contributed by atoms with Crippen LogP contribution in [0.1, 0.15) is 24.8 Å². The van der Waals surface area contributed by atoms with E-state index in [0.29, 0.717) is 11.8 Å². The van der Waals surface area contributed by atoms with Crippen LogP contribution in [0.4, 0.5) is 0 Å². The molecular weight excluding hydrogens is 198 g/mol. The van der Waals surface area contributed by atoms with Crippen molar-refractivity contribution in [2.24, 2.45) is 5.92 Å². The number of hydrogen-bond donors (Lipinski definition) is 0. The lowest BCUT2D eigenvalue weighted by molar-refractivity contribution is 0.115. The Kier molecular flexibility index (Phi) is 3.38. The van der Waals surface area contributed by atoms with E-state index < -0.39 is 0 Å². The van der Waals surface area contributed by atoms with Gasteiger partial charge in [-0.25, -0.2) is 4.98 Å². The summed E-state index contributed by atoms with van der Waals surface area (Å²) in [6.07, 6.45) is 5.65. The largest absolute Gasteiger partial charge is 0.377 e. The first kappa shape index (κ1) is 9.94. The number of aromatic nitrogens is 1. The Hall–Kier alpha value is -0.600. The average Bonchev–Trinajstić information content (AvgIpc) is 2.99. The van der Waals surface area contributed by atoms with Gasteiger partial charge < -0.3 is 4.74 Å². The van der Waals surface area contributed by atoms with Crippen molar-refractivity contribution in [3.63, 3.8) is 0 Å². The molecule has 2 nitrogen and oxygen atoms in total. The molecule has 0 radical (unpaired) electrons. The molecular formula is C11H14ClNO. The maximum atomic E-state index is 5.89. The van der Waals surface area contributed by atoms with Gasteiger partial charge in [-0.05, 0) is 18.4 Å². The minimum absolute atomic E-state index is 0.555. The third-order valence-corrected chi connectivity index (χ3v) is 2.80. The molecule has 0 saturated heterocycles. The Morgan fingerprint density at radius 3 is 3.07 bits per heavy atom. The molecule has 1 aliphatic carbocycles. The standard InChI is InChI=1S/C11H14ClNO/c12-11-10(2-1-6-13-11)8-14-7-5-9-3-4-9/h1-2,6,9H,3-5,7-8H2. The van der Waals surface area contributed by atoms with E-state index >= 15 is 0 Å². The van der Waals surface area contributed by atoms with Gasteiger partial charge in [-0.3, -0.25) is 0 Å². The second-order valence-electron chi connectivity index (χ2n) is 3.74. The summed E-state index contributed by atoms with van der Waals surface area (Å²) in [5.74, 6) is 0.930. The van der Waals surface area contributed by atoms with Gasteiger partial charge in [0.25, 0.3) is 0 Å². The summed E-state index contributed by atoms with van der Waals surface area (Å²) in [7, 11) is 0. The van der Waals surface area contributed by atoms with Gasteiger partial charge in [-0.2, -0.15) is 0 Å². The lowest BCUT2D eigenvalue weighted by atomic mass is 10.3. The average molecular weight is 212 g/mol. The van der Waals surface area contributed by atoms with Gasteiger partial charge in [-0.1, -0.05) is 30.5 Å². The van der Waals surface area contributed by atoms with Gasteiger partial charge >= 0.3 is 0 Å². The fraction of sp³-hybridized carbons (Fsp3) is 0.545. The quantitative estimate of drug-likeness (QED) is 0.552. The van der Waals surface area contributed by atoms with Crippen molar-refractivity contribution >= 4 is 11.6 Å². The monoisotopic (exact) mass is 211 g/mol. The molecule has 1 heterocycles. The third-order valence-electron chi connectivity index (χ3n) is 2.46. The molecule has 0 bridgehead atoms. The molecule has 0 aromatic carbocycles. The van der Waals surface area contributed by atoms with E-state index in [4.69, 9.17) is 16.3 Å². The van der Waals surface area contributed by atoms with E-state index in [1.165, 1.54) is 19.3 Å². The van der Waals surface area contributed by atoms with Crippen molar-refractivity contribution in [2.45, 2.75) is 25.9 Å². The molecule has 1 aromatic rings. The van der Waals surface area contributed by atoms with Crippen LogP contribution in [0.5, 0.6) is 0 Å². The third kappa shape index (κ3) is 2.96. The summed E-state index contributed by atoms with van der Waals surface area (Å²) >= 11 is 5.89. The zero-order chi connectivity index (χ0) is 9.80. The van der Waals surface area contributed by atoms with Gasteiger partial charge in [0.1, 0.15) is 5.15 Å². The summed E-state index contributed by atoms with van der Waals surface area (Å²) in [6.45, 7) is 1.43. The predicted molar refractivity (Wildman–Crippen MR) is 56.2 cm³/mol. The van der Waals surface area contributed by atoms with Crippen LogP contribution in [-0.2, 0) is 11.3 Å². The Labute approximate surface area is 89.3 Å². The van der Waals surface area contributed by atoms with Crippen LogP contribution in [-0.4, -0.2) is 11.6 Å². The fourth-order valence-electron chi connectivity index (χ4n) is 1.37. The van der Waals surface area contributed by atoms with Crippen molar-refractivity contribution in [1.29, 1.82) is 0 Å². The van der Waals surface area contributed by atoms with Crippen molar-refractivity contribution in [2.75, 3.05) is 6.61 Å². The van der Waals surface area contributed by atoms with Crippen LogP contribution in [0, 0.1) is 5.92 Å². The summed E-state index contributed by atoms with van der Waals surface area (Å²) in [5.41, 5.74) is 0.977. The van der Waals surface area contributed by atoms with E-state index in [2.05, 4.69) is 4.98 Å². The number of halogens is 1. The summed E-state index contributed by atoms with van der Waals surface area (Å²) in [4.78, 5) is 3.99. The normalized spacial score (nSPS) is 15.8. The molecule has 76 valence electrons. The Bertz CT molecular complexity index is 299. The number of ether oxygens (including phenoxy) is 1. The van der Waals surface area contributed by atoms with E-state index in [9.17, 15) is 0 Å². The number of hydrogen-bond acceptors (Lipinski definition) is 2. The van der Waals surface area contributed by atoms with Crippen molar-refractivity contribution in [3.8, 4) is 0 Å². The molecule has 1 aliphatic rings. The molecule has 0 aliphatic heterocycles. The van der Waals surface area contributed by atoms with Crippen LogP contribution < -0.4 is 0 Å². The molecule has 1 fully saturated rings. The molecule has 0 atom stereocenters. The molecule has 0 unspecified atom stereocenters. The molecule has 14 heavy (non-hydrogen) atoms. The first-order valence-electron chi connectivity index (χ1n) is 5.03. The zero-order valence-corrected chi connectivity index (χ0v) is 8.83. The summed E-state index contributed by atoms with van der Waals surface area (Å²) in [5, 5.41) is 0.555. The Morgan fingerprint density at radius 2 is 2.36 bits per heavy atom. The molecule has 0 amide bonds. The Morgan fingerprint density at radius 1 is 1.50 bits per heavy atom. The topological polar surface area (TPSA) is 22.1 Å². The molecule has 1 aromatic heterocycles. The highest BCUT2D eigenvalue weighted by atomic mass is 35.5. The minimum atomic E-state index is 0.555. The van der Waals surface area contributed by atoms with Gasteiger partial charge in [0.2, 0.25) is 0 Å². The number of rotatable bonds is 5. The SMILES string of the molecule is Clc1ncccc1COCCC1CC1. The van der Waals surface area contributed by atoms with Gasteiger partial charge in [0, 0.05) is 18.4 Å². The molecule has 2 rings (SSSR count). The van der Waals surface area contributed by atoms with Crippen LogP contribution >= 0.6 is 11.6 Å². The van der Waals surface area contributed by atoms with Gasteiger partial charge in [0.05, 0.1) is 6.61 Å². The maximum absolute atomic E-state index is 5.89. The second-order valence-corrected chi connectivity index (χ2v) is 4.10. The lowest BCUT2D eigenvalue weighted by Gasteiger charge is -2.04. The molecule has 1 saturated carbocycles. The number of nitrogens with zero attached hydrogens (tertiary/aromatic N) is 1. The van der Waals surface area contributed by atoms with Crippen molar-refractivity contribution in [3.05, 3.63) is 29.0 Å². The van der Waals surface area contributed by atoms with Crippen LogP contribution in [0.15, 0.2) is 18.3 Å². The smallest absolute Gasteiger partial charge is 0.134 e. The number of pyridine rings is 1. The highest BCUT2D eigenvalue weighted by Gasteiger charge is 2.20. The first-order valence-corrected chi connectivity index (χ1v) is 5.41. The Balaban J connectivity index is 1.71. The summed E-state index contributed by atoms with van der Waals surface area (Å²) < 4.78 is 5.53. The van der Waals surface area contributed by atoms with E-state index in [1.54, 1.807) is 6.20 Å². The minimum Gasteiger partial charge on any atom is -0.377 e.